The molecule has 0 atom stereocenters. The third-order valence-corrected chi connectivity index (χ3v) is 6.95. The predicted molar refractivity (Wildman–Crippen MR) is 136 cm³/mol. The van der Waals surface area contributed by atoms with E-state index in [0.29, 0.717) is 18.4 Å². The summed E-state index contributed by atoms with van der Waals surface area (Å²) in [4.78, 5) is 10.7. The SMILES string of the molecule is CCCc1c(-c2ccccc2)c(-c2ccc(Cl)cc2)nn1C[C@H]1CC[C@@H](COCC(=O)O)CC1. The zero-order valence-corrected chi connectivity index (χ0v) is 20.5. The number of aliphatic carboxylic acids is 1. The van der Waals surface area contributed by atoms with Gasteiger partial charge in [-0.3, -0.25) is 4.68 Å². The number of benzene rings is 2. The number of ether oxygens (including phenoxy) is 1. The van der Waals surface area contributed by atoms with E-state index in [-0.39, 0.29) is 6.61 Å². The van der Waals surface area contributed by atoms with Gasteiger partial charge in [-0.05, 0) is 61.6 Å². The number of carboxylic acid groups (broad SMARTS) is 1. The first-order chi connectivity index (χ1) is 16.5. The van der Waals surface area contributed by atoms with Gasteiger partial charge in [-0.2, -0.15) is 5.10 Å². The minimum Gasteiger partial charge on any atom is -0.480 e. The van der Waals surface area contributed by atoms with Gasteiger partial charge in [-0.25, -0.2) is 4.79 Å². The summed E-state index contributed by atoms with van der Waals surface area (Å²) in [5.41, 5.74) is 5.81. The normalized spacial score (nSPS) is 18.2. The summed E-state index contributed by atoms with van der Waals surface area (Å²) < 4.78 is 7.59. The van der Waals surface area contributed by atoms with E-state index in [2.05, 4.69) is 48.0 Å². The highest BCUT2D eigenvalue weighted by atomic mass is 35.5. The fourth-order valence-electron chi connectivity index (χ4n) is 4.99. The Morgan fingerprint density at radius 2 is 1.71 bits per heavy atom. The van der Waals surface area contributed by atoms with Crippen LogP contribution in [0.4, 0.5) is 0 Å². The third-order valence-electron chi connectivity index (χ3n) is 6.70. The zero-order valence-electron chi connectivity index (χ0n) is 19.8. The number of rotatable bonds is 10. The number of aromatic nitrogens is 2. The molecule has 0 amide bonds. The summed E-state index contributed by atoms with van der Waals surface area (Å²) in [5, 5.41) is 14.7. The molecule has 1 aromatic heterocycles. The molecular weight excluding hydrogens is 448 g/mol. The lowest BCUT2D eigenvalue weighted by atomic mass is 9.82. The van der Waals surface area contributed by atoms with E-state index in [4.69, 9.17) is 26.5 Å². The largest absolute Gasteiger partial charge is 0.480 e. The molecule has 5 nitrogen and oxygen atoms in total. The van der Waals surface area contributed by atoms with Crippen molar-refractivity contribution in [2.45, 2.75) is 52.0 Å². The average Bonchev–Trinajstić information content (AvgIpc) is 3.19. The maximum Gasteiger partial charge on any atom is 0.329 e. The zero-order chi connectivity index (χ0) is 23.9. The van der Waals surface area contributed by atoms with Gasteiger partial charge in [0.2, 0.25) is 0 Å². The molecule has 3 aromatic rings. The molecule has 0 bridgehead atoms. The van der Waals surface area contributed by atoms with E-state index in [9.17, 15) is 4.79 Å². The fourth-order valence-corrected chi connectivity index (χ4v) is 5.12. The third kappa shape index (κ3) is 6.08. The van der Waals surface area contributed by atoms with Gasteiger partial charge < -0.3 is 9.84 Å². The topological polar surface area (TPSA) is 64.4 Å². The van der Waals surface area contributed by atoms with Gasteiger partial charge >= 0.3 is 5.97 Å². The molecule has 0 radical (unpaired) electrons. The Morgan fingerprint density at radius 3 is 2.35 bits per heavy atom. The van der Waals surface area contributed by atoms with Crippen LogP contribution in [-0.4, -0.2) is 34.1 Å². The van der Waals surface area contributed by atoms with Gasteiger partial charge in [0, 0.05) is 28.4 Å². The van der Waals surface area contributed by atoms with Crippen LogP contribution in [-0.2, 0) is 22.5 Å². The highest BCUT2D eigenvalue weighted by Gasteiger charge is 2.25. The van der Waals surface area contributed by atoms with E-state index >= 15 is 0 Å². The molecule has 1 N–H and O–H groups in total. The van der Waals surface area contributed by atoms with Crippen LogP contribution in [0.15, 0.2) is 54.6 Å². The van der Waals surface area contributed by atoms with Crippen LogP contribution in [0.2, 0.25) is 5.02 Å². The maximum atomic E-state index is 10.7. The molecule has 1 aliphatic rings. The number of hydrogen-bond donors (Lipinski definition) is 1. The van der Waals surface area contributed by atoms with Gasteiger partial charge in [0.1, 0.15) is 12.3 Å². The summed E-state index contributed by atoms with van der Waals surface area (Å²) in [5.74, 6) is 0.113. The van der Waals surface area contributed by atoms with Crippen molar-refractivity contribution in [1.82, 2.24) is 9.78 Å². The molecule has 34 heavy (non-hydrogen) atoms. The molecule has 0 saturated heterocycles. The second-order valence-electron chi connectivity index (χ2n) is 9.27. The van der Waals surface area contributed by atoms with Gasteiger partial charge in [0.15, 0.2) is 0 Å². The van der Waals surface area contributed by atoms with Crippen molar-refractivity contribution in [3.05, 3.63) is 65.3 Å². The number of nitrogens with zero attached hydrogens (tertiary/aromatic N) is 2. The summed E-state index contributed by atoms with van der Waals surface area (Å²) in [7, 11) is 0. The number of carboxylic acids is 1. The fraction of sp³-hybridized carbons (Fsp3) is 0.429. The number of hydrogen-bond acceptors (Lipinski definition) is 3. The lowest BCUT2D eigenvalue weighted by molar-refractivity contribution is -0.142. The van der Waals surface area contributed by atoms with Crippen molar-refractivity contribution >= 4 is 17.6 Å². The quantitative estimate of drug-likeness (QED) is 0.349. The van der Waals surface area contributed by atoms with E-state index in [1.165, 1.54) is 16.8 Å². The maximum absolute atomic E-state index is 10.7. The Labute approximate surface area is 206 Å². The molecular formula is C28H33ClN2O3. The van der Waals surface area contributed by atoms with Crippen LogP contribution in [0.1, 0.15) is 44.7 Å². The smallest absolute Gasteiger partial charge is 0.329 e. The average molecular weight is 481 g/mol. The van der Waals surface area contributed by atoms with E-state index in [1.54, 1.807) is 0 Å². The van der Waals surface area contributed by atoms with Crippen molar-refractivity contribution in [2.75, 3.05) is 13.2 Å². The van der Waals surface area contributed by atoms with Gasteiger partial charge in [0.25, 0.3) is 0 Å². The molecule has 4 rings (SSSR count). The van der Waals surface area contributed by atoms with Crippen LogP contribution in [0, 0.1) is 11.8 Å². The van der Waals surface area contributed by atoms with Crippen molar-refractivity contribution in [2.24, 2.45) is 11.8 Å². The summed E-state index contributed by atoms with van der Waals surface area (Å²) in [6.07, 6.45) is 6.41. The van der Waals surface area contributed by atoms with E-state index in [0.717, 1.165) is 61.3 Å². The monoisotopic (exact) mass is 480 g/mol. The predicted octanol–water partition coefficient (Wildman–Crippen LogP) is 6.73. The van der Waals surface area contributed by atoms with Gasteiger partial charge in [-0.15, -0.1) is 0 Å². The summed E-state index contributed by atoms with van der Waals surface area (Å²) in [6.45, 7) is 3.46. The van der Waals surface area contributed by atoms with Crippen molar-refractivity contribution in [3.63, 3.8) is 0 Å². The summed E-state index contributed by atoms with van der Waals surface area (Å²) in [6, 6.07) is 18.5. The highest BCUT2D eigenvalue weighted by Crippen LogP contribution is 2.37. The molecule has 1 aliphatic carbocycles. The molecule has 2 aromatic carbocycles. The Morgan fingerprint density at radius 1 is 1.03 bits per heavy atom. The van der Waals surface area contributed by atoms with Crippen LogP contribution in [0.3, 0.4) is 0 Å². The van der Waals surface area contributed by atoms with Crippen LogP contribution in [0.25, 0.3) is 22.4 Å². The van der Waals surface area contributed by atoms with E-state index in [1.807, 2.05) is 18.2 Å². The van der Waals surface area contributed by atoms with Crippen molar-refractivity contribution in [3.8, 4) is 22.4 Å². The molecule has 0 unspecified atom stereocenters. The molecule has 1 saturated carbocycles. The van der Waals surface area contributed by atoms with Crippen molar-refractivity contribution in [1.29, 1.82) is 0 Å². The Bertz CT molecular complexity index is 1070. The van der Waals surface area contributed by atoms with Crippen molar-refractivity contribution < 1.29 is 14.6 Å². The van der Waals surface area contributed by atoms with Crippen LogP contribution in [0.5, 0.6) is 0 Å². The first kappa shape index (κ1) is 24.5. The Balaban J connectivity index is 1.58. The highest BCUT2D eigenvalue weighted by molar-refractivity contribution is 6.30. The second-order valence-corrected chi connectivity index (χ2v) is 9.71. The number of halogens is 1. The summed E-state index contributed by atoms with van der Waals surface area (Å²) >= 11 is 6.17. The first-order valence-electron chi connectivity index (χ1n) is 12.3. The number of carbonyl (C=O) groups is 1. The molecule has 0 spiro atoms. The first-order valence-corrected chi connectivity index (χ1v) is 12.6. The van der Waals surface area contributed by atoms with Crippen LogP contribution < -0.4 is 0 Å². The molecule has 6 heteroatoms. The molecule has 180 valence electrons. The van der Waals surface area contributed by atoms with Crippen LogP contribution >= 0.6 is 11.6 Å². The molecule has 1 heterocycles. The van der Waals surface area contributed by atoms with Gasteiger partial charge in [-0.1, -0.05) is 67.4 Å². The minimum atomic E-state index is -0.901. The molecule has 1 fully saturated rings. The molecule has 0 aliphatic heterocycles. The van der Waals surface area contributed by atoms with E-state index < -0.39 is 5.97 Å². The standard InChI is InChI=1S/C28H33ClN2O3/c1-2-6-25-27(22-7-4-3-5-8-22)28(23-13-15-24(29)16-14-23)30-31(25)17-20-9-11-21(12-10-20)18-34-19-26(32)33/h3-5,7-8,13-16,20-21H,2,6,9-12,17-19H2,1H3,(H,32,33)/t20-,21+. The second kappa shape index (κ2) is 11.7. The lowest BCUT2D eigenvalue weighted by Crippen LogP contribution is -2.23. The minimum absolute atomic E-state index is 0.205. The Kier molecular flexibility index (Phi) is 8.41. The lowest BCUT2D eigenvalue weighted by Gasteiger charge is -2.28. The Hall–Kier alpha value is -2.63. The van der Waals surface area contributed by atoms with Gasteiger partial charge in [0.05, 0.1) is 6.61 Å².